The summed E-state index contributed by atoms with van der Waals surface area (Å²) < 4.78 is 1.83. The van der Waals surface area contributed by atoms with E-state index in [-0.39, 0.29) is 5.91 Å². The molecule has 1 aromatic carbocycles. The Kier molecular flexibility index (Phi) is 4.90. The second-order valence-electron chi connectivity index (χ2n) is 4.91. The van der Waals surface area contributed by atoms with Crippen LogP contribution in [0.2, 0.25) is 0 Å². The van der Waals surface area contributed by atoms with E-state index >= 15 is 0 Å². The number of amides is 1. The van der Waals surface area contributed by atoms with Gasteiger partial charge in [-0.15, -0.1) is 11.8 Å². The maximum Gasteiger partial charge on any atom is 0.225 e. The lowest BCUT2D eigenvalue weighted by Gasteiger charge is -2.10. The van der Waals surface area contributed by atoms with Gasteiger partial charge in [-0.3, -0.25) is 9.48 Å². The van der Waals surface area contributed by atoms with Crippen LogP contribution in [0.5, 0.6) is 0 Å². The largest absolute Gasteiger partial charge is 0.398 e. The van der Waals surface area contributed by atoms with Gasteiger partial charge in [0.25, 0.3) is 0 Å². The van der Waals surface area contributed by atoms with Crippen LogP contribution < -0.4 is 11.1 Å². The summed E-state index contributed by atoms with van der Waals surface area (Å²) in [5.41, 5.74) is 9.18. The zero-order valence-corrected chi connectivity index (χ0v) is 13.3. The van der Waals surface area contributed by atoms with Crippen molar-refractivity contribution in [2.24, 2.45) is 7.05 Å². The zero-order chi connectivity index (χ0) is 15.4. The van der Waals surface area contributed by atoms with Gasteiger partial charge in [0.1, 0.15) is 0 Å². The van der Waals surface area contributed by atoms with Crippen LogP contribution in [0.4, 0.5) is 11.4 Å². The number of rotatable bonds is 5. The molecule has 3 N–H and O–H groups in total. The molecular weight excluding hydrogens is 284 g/mol. The highest BCUT2D eigenvalue weighted by atomic mass is 32.2. The Morgan fingerprint density at radius 1 is 1.43 bits per heavy atom. The topological polar surface area (TPSA) is 72.9 Å². The molecule has 0 spiro atoms. The highest BCUT2D eigenvalue weighted by Gasteiger charge is 2.08. The van der Waals surface area contributed by atoms with E-state index in [1.165, 1.54) is 0 Å². The molecule has 5 nitrogen and oxygen atoms in total. The van der Waals surface area contributed by atoms with Crippen LogP contribution in [0.15, 0.2) is 29.3 Å². The number of benzene rings is 1. The maximum atomic E-state index is 12.0. The average molecular weight is 304 g/mol. The fourth-order valence-corrected chi connectivity index (χ4v) is 2.95. The number of carbonyl (C=O) groups is 1. The van der Waals surface area contributed by atoms with Gasteiger partial charge in [-0.2, -0.15) is 5.10 Å². The first-order valence-corrected chi connectivity index (χ1v) is 7.74. The quantitative estimate of drug-likeness (QED) is 0.658. The Balaban J connectivity index is 1.85. The fourth-order valence-electron chi connectivity index (χ4n) is 1.97. The summed E-state index contributed by atoms with van der Waals surface area (Å²) in [6.07, 6.45) is 0.448. The number of nitrogens with one attached hydrogen (secondary N) is 1. The van der Waals surface area contributed by atoms with Gasteiger partial charge in [-0.25, -0.2) is 0 Å². The molecule has 2 aromatic rings. The zero-order valence-electron chi connectivity index (χ0n) is 12.5. The molecule has 0 unspecified atom stereocenters. The van der Waals surface area contributed by atoms with Gasteiger partial charge in [0.15, 0.2) is 0 Å². The molecule has 0 saturated heterocycles. The molecule has 0 aliphatic carbocycles. The summed E-state index contributed by atoms with van der Waals surface area (Å²) in [6.45, 7) is 3.86. The summed E-state index contributed by atoms with van der Waals surface area (Å²) in [6, 6.07) is 7.54. The molecule has 0 aliphatic rings. The number of hydrogen-bond acceptors (Lipinski definition) is 4. The van der Waals surface area contributed by atoms with E-state index in [1.807, 2.05) is 49.8 Å². The molecule has 0 fully saturated rings. The molecule has 6 heteroatoms. The van der Waals surface area contributed by atoms with Crippen molar-refractivity contribution in [3.63, 3.8) is 0 Å². The van der Waals surface area contributed by atoms with E-state index in [4.69, 9.17) is 5.73 Å². The van der Waals surface area contributed by atoms with Crippen molar-refractivity contribution in [3.8, 4) is 0 Å². The Labute approximate surface area is 128 Å². The summed E-state index contributed by atoms with van der Waals surface area (Å²) in [5, 5.41) is 8.25. The van der Waals surface area contributed by atoms with E-state index in [0.29, 0.717) is 17.9 Å². The number of thioether (sulfide) groups is 1. The molecule has 1 aromatic heterocycles. The Morgan fingerprint density at radius 3 is 2.86 bits per heavy atom. The van der Waals surface area contributed by atoms with E-state index in [2.05, 4.69) is 10.4 Å². The first-order valence-electron chi connectivity index (χ1n) is 6.75. The molecule has 1 heterocycles. The Hall–Kier alpha value is -1.95. The van der Waals surface area contributed by atoms with Crippen LogP contribution in [0.1, 0.15) is 17.7 Å². The SMILES string of the molecule is Cc1cc(SCCC(=O)Nc2cccc(N)c2C)n(C)n1. The second kappa shape index (κ2) is 6.67. The standard InChI is InChI=1S/C15H20N4OS/c1-10-9-15(19(3)18-10)21-8-7-14(20)17-13-6-4-5-12(16)11(13)2/h4-6,9H,7-8,16H2,1-3H3,(H,17,20). The molecular formula is C15H20N4OS. The number of carbonyl (C=O) groups excluding carboxylic acids is 1. The predicted molar refractivity (Wildman–Crippen MR) is 87.5 cm³/mol. The van der Waals surface area contributed by atoms with Crippen LogP contribution in [-0.4, -0.2) is 21.4 Å². The number of aromatic nitrogens is 2. The Morgan fingerprint density at radius 2 is 2.19 bits per heavy atom. The number of nitrogens with zero attached hydrogens (tertiary/aromatic N) is 2. The first-order chi connectivity index (χ1) is 9.97. The van der Waals surface area contributed by atoms with Crippen molar-refractivity contribution in [2.45, 2.75) is 25.3 Å². The van der Waals surface area contributed by atoms with Crippen LogP contribution in [-0.2, 0) is 11.8 Å². The van der Waals surface area contributed by atoms with Crippen molar-refractivity contribution < 1.29 is 4.79 Å². The third kappa shape index (κ3) is 4.01. The van der Waals surface area contributed by atoms with Crippen molar-refractivity contribution >= 4 is 29.0 Å². The summed E-state index contributed by atoms with van der Waals surface area (Å²) in [4.78, 5) is 12.0. The smallest absolute Gasteiger partial charge is 0.225 e. The minimum absolute atomic E-state index is 0.00455. The van der Waals surface area contributed by atoms with E-state index in [1.54, 1.807) is 11.8 Å². The molecule has 2 rings (SSSR count). The lowest BCUT2D eigenvalue weighted by molar-refractivity contribution is -0.115. The minimum atomic E-state index is -0.00455. The van der Waals surface area contributed by atoms with Gasteiger partial charge >= 0.3 is 0 Å². The molecule has 0 bridgehead atoms. The van der Waals surface area contributed by atoms with E-state index < -0.39 is 0 Å². The summed E-state index contributed by atoms with van der Waals surface area (Å²) in [7, 11) is 1.91. The molecule has 1 amide bonds. The maximum absolute atomic E-state index is 12.0. The van der Waals surface area contributed by atoms with E-state index in [9.17, 15) is 4.79 Å². The van der Waals surface area contributed by atoms with Crippen molar-refractivity contribution in [2.75, 3.05) is 16.8 Å². The Bertz CT molecular complexity index is 651. The molecule has 0 radical (unpaired) electrons. The third-order valence-corrected chi connectivity index (χ3v) is 4.27. The van der Waals surface area contributed by atoms with E-state index in [0.717, 1.165) is 22.0 Å². The lowest BCUT2D eigenvalue weighted by atomic mass is 10.1. The molecule has 0 saturated carbocycles. The minimum Gasteiger partial charge on any atom is -0.398 e. The highest BCUT2D eigenvalue weighted by Crippen LogP contribution is 2.22. The van der Waals surface area contributed by atoms with Gasteiger partial charge in [0.2, 0.25) is 5.91 Å². The lowest BCUT2D eigenvalue weighted by Crippen LogP contribution is -2.13. The number of nitrogen functional groups attached to an aromatic ring is 1. The monoisotopic (exact) mass is 304 g/mol. The molecule has 112 valence electrons. The van der Waals surface area contributed by atoms with Gasteiger partial charge in [-0.05, 0) is 37.6 Å². The molecule has 0 aliphatic heterocycles. The van der Waals surface area contributed by atoms with Crippen molar-refractivity contribution in [1.82, 2.24) is 9.78 Å². The van der Waals surface area contributed by atoms with Gasteiger partial charge in [0.05, 0.1) is 10.7 Å². The van der Waals surface area contributed by atoms with Crippen molar-refractivity contribution in [3.05, 3.63) is 35.5 Å². The second-order valence-corrected chi connectivity index (χ2v) is 6.03. The fraction of sp³-hybridized carbons (Fsp3) is 0.333. The number of nitrogens with two attached hydrogens (primary N) is 1. The van der Waals surface area contributed by atoms with Crippen molar-refractivity contribution in [1.29, 1.82) is 0 Å². The summed E-state index contributed by atoms with van der Waals surface area (Å²) >= 11 is 1.63. The number of aryl methyl sites for hydroxylation is 2. The van der Waals surface area contributed by atoms with Crippen LogP contribution in [0, 0.1) is 13.8 Å². The van der Waals surface area contributed by atoms with Crippen LogP contribution in [0.3, 0.4) is 0 Å². The first kappa shape index (κ1) is 15.4. The molecule has 21 heavy (non-hydrogen) atoms. The van der Waals surface area contributed by atoms with Crippen LogP contribution >= 0.6 is 11.8 Å². The molecule has 0 atom stereocenters. The number of hydrogen-bond donors (Lipinski definition) is 2. The number of anilines is 2. The van der Waals surface area contributed by atoms with Gasteiger partial charge in [0, 0.05) is 30.6 Å². The predicted octanol–water partition coefficient (Wildman–Crippen LogP) is 2.74. The normalized spacial score (nSPS) is 10.6. The van der Waals surface area contributed by atoms with Gasteiger partial charge in [-0.1, -0.05) is 6.07 Å². The summed E-state index contributed by atoms with van der Waals surface area (Å²) in [5.74, 6) is 0.710. The average Bonchev–Trinajstić information content (AvgIpc) is 2.73. The highest BCUT2D eigenvalue weighted by molar-refractivity contribution is 7.99. The van der Waals surface area contributed by atoms with Crippen LogP contribution in [0.25, 0.3) is 0 Å². The third-order valence-electron chi connectivity index (χ3n) is 3.19. The van der Waals surface area contributed by atoms with Gasteiger partial charge < -0.3 is 11.1 Å².